The third-order valence-corrected chi connectivity index (χ3v) is 9.87. The molecule has 0 radical (unpaired) electrons. The van der Waals surface area contributed by atoms with Gasteiger partial charge in [0.1, 0.15) is 24.0 Å². The number of benzene rings is 2. The fraction of sp³-hybridized carbons (Fsp3) is 0.538. The van der Waals surface area contributed by atoms with Crippen molar-refractivity contribution >= 4 is 29.6 Å². The lowest BCUT2D eigenvalue weighted by Crippen LogP contribution is -2.49. The van der Waals surface area contributed by atoms with Crippen LogP contribution in [0, 0.1) is 17.7 Å². The Hall–Kier alpha value is -4.41. The van der Waals surface area contributed by atoms with E-state index in [-0.39, 0.29) is 61.0 Å². The zero-order chi connectivity index (χ0) is 36.0. The molecular weight excluding hydrogens is 639 g/mol. The molecule has 3 amide bonds. The number of halogens is 1. The summed E-state index contributed by atoms with van der Waals surface area (Å²) in [7, 11) is 0. The van der Waals surface area contributed by atoms with Gasteiger partial charge in [-0.1, -0.05) is 70.0 Å². The average Bonchev–Trinajstić information content (AvgIpc) is 3.49. The fourth-order valence-corrected chi connectivity index (χ4v) is 6.86. The molecular formula is C39H51FN4O6. The maximum atomic E-state index is 14.3. The Morgan fingerprint density at radius 1 is 1.06 bits per heavy atom. The summed E-state index contributed by atoms with van der Waals surface area (Å²) in [6.07, 6.45) is 7.82. The van der Waals surface area contributed by atoms with Crippen molar-refractivity contribution in [3.05, 3.63) is 77.1 Å². The molecule has 1 saturated carbocycles. The number of esters is 1. The number of carbonyl (C=O) groups excluding carboxylic acids is 4. The van der Waals surface area contributed by atoms with Gasteiger partial charge in [-0.2, -0.15) is 0 Å². The van der Waals surface area contributed by atoms with Crippen LogP contribution >= 0.6 is 0 Å². The molecule has 2 aromatic rings. The number of carbonyl (C=O) groups is 4. The number of hydrogen-bond acceptors (Lipinski definition) is 7. The number of nitrogens with zero attached hydrogens (tertiary/aromatic N) is 2. The first kappa shape index (κ1) is 36.9. The van der Waals surface area contributed by atoms with Gasteiger partial charge in [-0.05, 0) is 73.3 Å². The zero-order valence-corrected chi connectivity index (χ0v) is 29.7. The van der Waals surface area contributed by atoms with Crippen LogP contribution in [0.4, 0.5) is 14.9 Å². The van der Waals surface area contributed by atoms with Crippen LogP contribution in [0.2, 0.25) is 0 Å². The molecule has 5 atom stereocenters. The number of rotatable bonds is 14. The number of ether oxygens (including phenoxy) is 2. The molecule has 3 N–H and O–H groups in total. The number of amides is 3. The number of primary amides is 1. The standard InChI is InChI=1S/C39H51FN4O6/c1-5-49-37(47)30-19-25(30)13-9-7-6-8-10-18-33(42-28-16-12-15-27(20-28)39(2,3)4)36(46)44-23-29(21-34(44)35(41)45)50-38(48)43-22-26-14-11-17-32(40)31(26)24-43/h9,11-17,20,25,29-30,33-34,42H,5-8,10,18-19,21-24H2,1-4H3,(H2,41,45)/b13-9-/t25-,29-,30+,33+,34+/m1/s1. The van der Waals surface area contributed by atoms with Crippen LogP contribution < -0.4 is 11.1 Å². The van der Waals surface area contributed by atoms with Crippen molar-refractivity contribution < 1.29 is 33.0 Å². The van der Waals surface area contributed by atoms with Crippen molar-refractivity contribution in [3.63, 3.8) is 0 Å². The van der Waals surface area contributed by atoms with Crippen LogP contribution in [0.3, 0.4) is 0 Å². The van der Waals surface area contributed by atoms with Gasteiger partial charge in [-0.15, -0.1) is 0 Å². The second-order valence-corrected chi connectivity index (χ2v) is 14.7. The maximum absolute atomic E-state index is 14.3. The first-order valence-electron chi connectivity index (χ1n) is 17.9. The summed E-state index contributed by atoms with van der Waals surface area (Å²) in [5.74, 6) is -1.17. The maximum Gasteiger partial charge on any atom is 0.410 e. The second kappa shape index (κ2) is 16.1. The molecule has 0 aromatic heterocycles. The van der Waals surface area contributed by atoms with E-state index in [4.69, 9.17) is 15.2 Å². The molecule has 0 bridgehead atoms. The van der Waals surface area contributed by atoms with Gasteiger partial charge in [-0.3, -0.25) is 19.3 Å². The van der Waals surface area contributed by atoms with Crippen molar-refractivity contribution in [1.29, 1.82) is 0 Å². The highest BCUT2D eigenvalue weighted by Gasteiger charge is 2.44. The largest absolute Gasteiger partial charge is 0.466 e. The third kappa shape index (κ3) is 9.22. The Balaban J connectivity index is 1.20. The van der Waals surface area contributed by atoms with E-state index in [1.54, 1.807) is 12.1 Å². The predicted molar refractivity (Wildman–Crippen MR) is 188 cm³/mol. The molecule has 3 aliphatic rings. The quantitative estimate of drug-likeness (QED) is 0.137. The second-order valence-electron chi connectivity index (χ2n) is 14.7. The van der Waals surface area contributed by atoms with Crippen LogP contribution in [0.25, 0.3) is 0 Å². The highest BCUT2D eigenvalue weighted by Crippen LogP contribution is 2.40. The van der Waals surface area contributed by atoms with Gasteiger partial charge in [0.2, 0.25) is 11.8 Å². The summed E-state index contributed by atoms with van der Waals surface area (Å²) >= 11 is 0. The molecule has 1 aliphatic carbocycles. The van der Waals surface area contributed by atoms with E-state index in [2.05, 4.69) is 44.3 Å². The highest BCUT2D eigenvalue weighted by atomic mass is 19.1. The average molecular weight is 691 g/mol. The van der Waals surface area contributed by atoms with Gasteiger partial charge >= 0.3 is 12.1 Å². The molecule has 0 spiro atoms. The zero-order valence-electron chi connectivity index (χ0n) is 29.7. The van der Waals surface area contributed by atoms with Gasteiger partial charge in [0.15, 0.2) is 0 Å². The Bertz CT molecular complexity index is 1590. The van der Waals surface area contributed by atoms with E-state index >= 15 is 0 Å². The molecule has 50 heavy (non-hydrogen) atoms. The number of unbranched alkanes of at least 4 members (excludes halogenated alkanes) is 3. The van der Waals surface area contributed by atoms with E-state index in [1.807, 2.05) is 25.1 Å². The van der Waals surface area contributed by atoms with Gasteiger partial charge in [-0.25, -0.2) is 9.18 Å². The number of hydrogen-bond donors (Lipinski definition) is 2. The monoisotopic (exact) mass is 690 g/mol. The van der Waals surface area contributed by atoms with Crippen LogP contribution in [0.5, 0.6) is 0 Å². The van der Waals surface area contributed by atoms with E-state index in [0.29, 0.717) is 18.6 Å². The van der Waals surface area contributed by atoms with Gasteiger partial charge in [0.25, 0.3) is 0 Å². The number of nitrogens with two attached hydrogens (primary N) is 1. The number of fused-ring (bicyclic) bond motifs is 1. The number of allylic oxidation sites excluding steroid dienone is 2. The first-order valence-corrected chi connectivity index (χ1v) is 17.9. The van der Waals surface area contributed by atoms with E-state index in [1.165, 1.54) is 15.9 Å². The van der Waals surface area contributed by atoms with Crippen LogP contribution in [0.15, 0.2) is 54.6 Å². The first-order chi connectivity index (χ1) is 23.8. The molecule has 5 rings (SSSR count). The molecule has 2 heterocycles. The Morgan fingerprint density at radius 3 is 2.56 bits per heavy atom. The molecule has 0 unspecified atom stereocenters. The molecule has 2 aliphatic heterocycles. The smallest absolute Gasteiger partial charge is 0.410 e. The van der Waals surface area contributed by atoms with E-state index in [9.17, 15) is 23.6 Å². The van der Waals surface area contributed by atoms with Gasteiger partial charge in [0, 0.05) is 24.2 Å². The number of nitrogens with one attached hydrogen (secondary N) is 1. The van der Waals surface area contributed by atoms with Gasteiger partial charge in [0.05, 0.1) is 25.6 Å². The van der Waals surface area contributed by atoms with E-state index < -0.39 is 30.2 Å². The lowest BCUT2D eigenvalue weighted by molar-refractivity contribution is -0.144. The lowest BCUT2D eigenvalue weighted by atomic mass is 9.87. The minimum atomic E-state index is -0.926. The number of likely N-dealkylation sites (tertiary alicyclic amines) is 1. The summed E-state index contributed by atoms with van der Waals surface area (Å²) in [6, 6.07) is 11.2. The minimum Gasteiger partial charge on any atom is -0.466 e. The van der Waals surface area contributed by atoms with Crippen LogP contribution in [-0.2, 0) is 42.4 Å². The summed E-state index contributed by atoms with van der Waals surface area (Å²) in [5, 5.41) is 3.44. The molecule has 11 heteroatoms. The normalized spacial score (nSPS) is 21.9. The van der Waals surface area contributed by atoms with Crippen molar-refractivity contribution in [3.8, 4) is 0 Å². The summed E-state index contributed by atoms with van der Waals surface area (Å²) in [5.41, 5.74) is 8.82. The van der Waals surface area contributed by atoms with Gasteiger partial charge < -0.3 is 25.4 Å². The summed E-state index contributed by atoms with van der Waals surface area (Å²) in [6.45, 7) is 8.96. The Morgan fingerprint density at radius 2 is 1.84 bits per heavy atom. The van der Waals surface area contributed by atoms with Crippen molar-refractivity contribution in [2.45, 2.75) is 109 Å². The molecule has 1 saturated heterocycles. The van der Waals surface area contributed by atoms with Crippen molar-refractivity contribution in [2.75, 3.05) is 18.5 Å². The number of anilines is 1. The lowest BCUT2D eigenvalue weighted by Gasteiger charge is -2.29. The van der Waals surface area contributed by atoms with E-state index in [0.717, 1.165) is 48.9 Å². The Kier molecular flexibility index (Phi) is 11.9. The third-order valence-electron chi connectivity index (χ3n) is 9.87. The SMILES string of the molecule is CCOC(=O)[C@H]1C[C@H]1/C=C\CCCCC[C@H](Nc1cccc(C(C)(C)C)c1)C(=O)N1C[C@H](OC(=O)N2Cc3cccc(F)c3C2)C[C@H]1C(N)=O. The highest BCUT2D eigenvalue weighted by molar-refractivity contribution is 5.91. The van der Waals surface area contributed by atoms with Crippen LogP contribution in [0.1, 0.15) is 89.3 Å². The summed E-state index contributed by atoms with van der Waals surface area (Å²) in [4.78, 5) is 54.7. The molecule has 2 aromatic carbocycles. The molecule has 10 nitrogen and oxygen atoms in total. The molecule has 2 fully saturated rings. The fourth-order valence-electron chi connectivity index (χ4n) is 6.86. The Labute approximate surface area is 294 Å². The predicted octanol–water partition coefficient (Wildman–Crippen LogP) is 6.22. The van der Waals surface area contributed by atoms with Crippen LogP contribution in [-0.4, -0.2) is 65.0 Å². The minimum absolute atomic E-state index is 0.0132. The topological polar surface area (TPSA) is 131 Å². The summed E-state index contributed by atoms with van der Waals surface area (Å²) < 4.78 is 25.2. The van der Waals surface area contributed by atoms with Crippen molar-refractivity contribution in [1.82, 2.24) is 9.80 Å². The van der Waals surface area contributed by atoms with Crippen molar-refractivity contribution in [2.24, 2.45) is 17.6 Å². The molecule has 270 valence electrons.